The maximum absolute atomic E-state index is 13.0. The van der Waals surface area contributed by atoms with Crippen molar-refractivity contribution in [1.29, 1.82) is 0 Å². The van der Waals surface area contributed by atoms with Crippen LogP contribution in [0.2, 0.25) is 0 Å². The molecule has 0 unspecified atom stereocenters. The van der Waals surface area contributed by atoms with Gasteiger partial charge in [0.25, 0.3) is 0 Å². The fourth-order valence-electron chi connectivity index (χ4n) is 2.88. The predicted molar refractivity (Wildman–Crippen MR) is 80.5 cm³/mol. The molecule has 1 aromatic rings. The van der Waals surface area contributed by atoms with Crippen molar-refractivity contribution < 1.29 is 19.1 Å². The number of benzene rings is 1. The highest BCUT2D eigenvalue weighted by atomic mass is 32.2. The van der Waals surface area contributed by atoms with Crippen molar-refractivity contribution in [3.05, 3.63) is 35.6 Å². The van der Waals surface area contributed by atoms with E-state index >= 15 is 0 Å². The first-order valence-corrected chi connectivity index (χ1v) is 8.28. The Bertz CT molecular complexity index is 581. The molecule has 0 saturated carbocycles. The molecule has 0 bridgehead atoms. The highest BCUT2D eigenvalue weighted by molar-refractivity contribution is 8.00. The minimum atomic E-state index is -0.595. The average molecular weight is 324 g/mol. The second kappa shape index (κ2) is 6.26. The second-order valence-corrected chi connectivity index (χ2v) is 6.53. The summed E-state index contributed by atoms with van der Waals surface area (Å²) >= 11 is 1.49. The van der Waals surface area contributed by atoms with E-state index in [0.29, 0.717) is 18.1 Å². The molecule has 1 aromatic carbocycles. The molecule has 2 heterocycles. The van der Waals surface area contributed by atoms with Crippen LogP contribution in [0.1, 0.15) is 18.0 Å². The summed E-state index contributed by atoms with van der Waals surface area (Å²) in [5.41, 5.74) is 0.799. The molecular weight excluding hydrogens is 307 g/mol. The van der Waals surface area contributed by atoms with Crippen LogP contribution in [0.3, 0.4) is 0 Å². The highest BCUT2D eigenvalue weighted by Crippen LogP contribution is 2.32. The lowest BCUT2D eigenvalue weighted by atomic mass is 10.0. The molecule has 0 spiro atoms. The molecule has 2 aliphatic rings. The number of likely N-dealkylation sites (tertiary alicyclic amines) is 1. The SMILES string of the molecule is O=C1CSCN1CC(=O)N1C[C@@H](O)C[C@@H]1c1ccc(F)cc1. The van der Waals surface area contributed by atoms with Gasteiger partial charge in [0.1, 0.15) is 12.4 Å². The third kappa shape index (κ3) is 3.10. The molecule has 0 aromatic heterocycles. The number of hydrogen-bond acceptors (Lipinski definition) is 4. The van der Waals surface area contributed by atoms with Gasteiger partial charge >= 0.3 is 0 Å². The number of thioether (sulfide) groups is 1. The highest BCUT2D eigenvalue weighted by Gasteiger charge is 2.36. The van der Waals surface area contributed by atoms with Crippen LogP contribution >= 0.6 is 11.8 Å². The van der Waals surface area contributed by atoms with Gasteiger partial charge in [0.05, 0.1) is 23.8 Å². The van der Waals surface area contributed by atoms with Gasteiger partial charge in [-0.1, -0.05) is 12.1 Å². The lowest BCUT2D eigenvalue weighted by Crippen LogP contribution is -2.41. The summed E-state index contributed by atoms with van der Waals surface area (Å²) in [4.78, 5) is 27.2. The van der Waals surface area contributed by atoms with Crippen LogP contribution in [0.4, 0.5) is 4.39 Å². The van der Waals surface area contributed by atoms with Gasteiger partial charge in [-0.25, -0.2) is 4.39 Å². The topological polar surface area (TPSA) is 60.9 Å². The molecule has 22 heavy (non-hydrogen) atoms. The summed E-state index contributed by atoms with van der Waals surface area (Å²) in [6.07, 6.45) is -0.164. The van der Waals surface area contributed by atoms with Crippen molar-refractivity contribution in [2.45, 2.75) is 18.6 Å². The summed E-state index contributed by atoms with van der Waals surface area (Å²) in [7, 11) is 0. The summed E-state index contributed by atoms with van der Waals surface area (Å²) in [5.74, 6) is 0.400. The summed E-state index contributed by atoms with van der Waals surface area (Å²) in [5, 5.41) is 9.90. The fourth-order valence-corrected chi connectivity index (χ4v) is 3.79. The van der Waals surface area contributed by atoms with E-state index in [2.05, 4.69) is 0 Å². The smallest absolute Gasteiger partial charge is 0.242 e. The van der Waals surface area contributed by atoms with Crippen LogP contribution in [-0.4, -0.2) is 57.5 Å². The third-order valence-corrected chi connectivity index (χ3v) is 4.95. The molecule has 2 amide bonds. The number of carbonyl (C=O) groups is 2. The first kappa shape index (κ1) is 15.3. The van der Waals surface area contributed by atoms with Crippen LogP contribution in [-0.2, 0) is 9.59 Å². The molecule has 2 atom stereocenters. The van der Waals surface area contributed by atoms with Crippen molar-refractivity contribution in [3.63, 3.8) is 0 Å². The van der Waals surface area contributed by atoms with Crippen LogP contribution in [0.15, 0.2) is 24.3 Å². The zero-order valence-electron chi connectivity index (χ0n) is 11.9. The van der Waals surface area contributed by atoms with Crippen molar-refractivity contribution >= 4 is 23.6 Å². The molecule has 2 fully saturated rings. The monoisotopic (exact) mass is 324 g/mol. The largest absolute Gasteiger partial charge is 0.391 e. The summed E-state index contributed by atoms with van der Waals surface area (Å²) in [6.45, 7) is 0.284. The first-order valence-electron chi connectivity index (χ1n) is 7.13. The number of halogens is 1. The van der Waals surface area contributed by atoms with Crippen molar-refractivity contribution in [1.82, 2.24) is 9.80 Å². The number of carbonyl (C=O) groups excluding carboxylic acids is 2. The summed E-state index contributed by atoms with van der Waals surface area (Å²) < 4.78 is 13.0. The number of aliphatic hydroxyl groups excluding tert-OH is 1. The molecule has 5 nitrogen and oxygen atoms in total. The minimum absolute atomic E-state index is 0.0311. The van der Waals surface area contributed by atoms with E-state index in [4.69, 9.17) is 0 Å². The number of β-amino-alcohol motifs (C(OH)–C–C–N with tert-alkyl or cyclic N) is 1. The number of nitrogens with zero attached hydrogens (tertiary/aromatic N) is 2. The predicted octanol–water partition coefficient (Wildman–Crippen LogP) is 0.993. The number of hydrogen-bond donors (Lipinski definition) is 1. The van der Waals surface area contributed by atoms with E-state index in [0.717, 1.165) is 5.56 Å². The lowest BCUT2D eigenvalue weighted by molar-refractivity contribution is -0.138. The maximum atomic E-state index is 13.0. The molecule has 1 N–H and O–H groups in total. The Balaban J connectivity index is 1.73. The van der Waals surface area contributed by atoms with Crippen LogP contribution in [0, 0.1) is 5.82 Å². The van der Waals surface area contributed by atoms with E-state index in [1.54, 1.807) is 17.0 Å². The van der Waals surface area contributed by atoms with Gasteiger partial charge in [-0.15, -0.1) is 11.8 Å². The van der Waals surface area contributed by atoms with E-state index in [1.807, 2.05) is 0 Å². The molecule has 2 saturated heterocycles. The quantitative estimate of drug-likeness (QED) is 0.901. The van der Waals surface area contributed by atoms with E-state index in [-0.39, 0.29) is 36.8 Å². The fraction of sp³-hybridized carbons (Fsp3) is 0.467. The summed E-state index contributed by atoms with van der Waals surface area (Å²) in [6, 6.07) is 5.70. The molecule has 118 valence electrons. The van der Waals surface area contributed by atoms with Gasteiger partial charge in [-0.2, -0.15) is 0 Å². The number of rotatable bonds is 3. The molecule has 2 aliphatic heterocycles. The first-order chi connectivity index (χ1) is 10.5. The van der Waals surface area contributed by atoms with Crippen LogP contribution in [0.5, 0.6) is 0 Å². The zero-order chi connectivity index (χ0) is 15.7. The Kier molecular flexibility index (Phi) is 4.35. The Hall–Kier alpha value is -1.60. The Morgan fingerprint density at radius 3 is 2.73 bits per heavy atom. The van der Waals surface area contributed by atoms with Crippen LogP contribution in [0.25, 0.3) is 0 Å². The van der Waals surface area contributed by atoms with E-state index in [9.17, 15) is 19.1 Å². The van der Waals surface area contributed by atoms with Crippen molar-refractivity contribution in [2.24, 2.45) is 0 Å². The Morgan fingerprint density at radius 1 is 1.36 bits per heavy atom. The number of amides is 2. The lowest BCUT2D eigenvalue weighted by Gasteiger charge is -2.27. The van der Waals surface area contributed by atoms with Gasteiger partial charge in [-0.3, -0.25) is 9.59 Å². The van der Waals surface area contributed by atoms with Crippen molar-refractivity contribution in [2.75, 3.05) is 24.7 Å². The minimum Gasteiger partial charge on any atom is -0.391 e. The normalized spacial score (nSPS) is 25.1. The third-order valence-electron chi connectivity index (χ3n) is 4.01. The molecule has 0 aliphatic carbocycles. The van der Waals surface area contributed by atoms with E-state index in [1.165, 1.54) is 28.8 Å². The molecular formula is C15H17FN2O3S. The standard InChI is InChI=1S/C15H17FN2O3S/c16-11-3-1-10(2-4-11)13-5-12(19)6-18(13)14(20)7-17-9-22-8-15(17)21/h1-4,12-13,19H,5-9H2/t12-,13+/m0/s1. The van der Waals surface area contributed by atoms with Gasteiger partial charge in [0.2, 0.25) is 11.8 Å². The molecule has 7 heteroatoms. The second-order valence-electron chi connectivity index (χ2n) is 5.57. The maximum Gasteiger partial charge on any atom is 0.242 e. The Morgan fingerprint density at radius 2 is 2.09 bits per heavy atom. The average Bonchev–Trinajstić information content (AvgIpc) is 3.06. The zero-order valence-corrected chi connectivity index (χ0v) is 12.8. The van der Waals surface area contributed by atoms with Gasteiger partial charge in [-0.05, 0) is 24.1 Å². The van der Waals surface area contributed by atoms with Gasteiger partial charge in [0, 0.05) is 6.54 Å². The Labute approximate surface area is 132 Å². The van der Waals surface area contributed by atoms with Crippen molar-refractivity contribution in [3.8, 4) is 0 Å². The van der Waals surface area contributed by atoms with Gasteiger partial charge < -0.3 is 14.9 Å². The molecule has 0 radical (unpaired) electrons. The number of aliphatic hydroxyl groups is 1. The van der Waals surface area contributed by atoms with Gasteiger partial charge in [0.15, 0.2) is 0 Å². The van der Waals surface area contributed by atoms with E-state index < -0.39 is 6.10 Å². The van der Waals surface area contributed by atoms with Crippen LogP contribution < -0.4 is 0 Å². The molecule has 3 rings (SSSR count).